The molecule has 3 fully saturated rings. The fourth-order valence-corrected chi connectivity index (χ4v) is 7.33. The first-order valence-corrected chi connectivity index (χ1v) is 18.4. The molecule has 13 nitrogen and oxygen atoms in total. The minimum atomic E-state index is -1.12. The van der Waals surface area contributed by atoms with Crippen molar-refractivity contribution in [3.8, 4) is 11.5 Å². The third-order valence-electron chi connectivity index (χ3n) is 10.4. The Balaban J connectivity index is 1.43. The van der Waals surface area contributed by atoms with E-state index in [1.165, 1.54) is 11.3 Å². The van der Waals surface area contributed by atoms with Gasteiger partial charge in [-0.25, -0.2) is 0 Å². The Kier molecular flexibility index (Phi) is 12.0. The van der Waals surface area contributed by atoms with E-state index in [0.717, 1.165) is 38.5 Å². The Bertz CT molecular complexity index is 1510. The second kappa shape index (κ2) is 16.0. The fraction of sp³-hybridized carbons (Fsp3) is 0.658. The van der Waals surface area contributed by atoms with Crippen LogP contribution in [0.5, 0.6) is 11.5 Å². The number of nitrogens with one attached hydrogen (secondary N) is 4. The number of hydrogen-bond acceptors (Lipinski definition) is 9. The van der Waals surface area contributed by atoms with Crippen LogP contribution in [0.3, 0.4) is 0 Å². The van der Waals surface area contributed by atoms with Crippen LogP contribution >= 0.6 is 0 Å². The third-order valence-corrected chi connectivity index (χ3v) is 10.4. The molecular weight excluding hydrogens is 654 g/mol. The molecule has 1 spiro atoms. The molecule has 4 N–H and O–H groups in total. The molecule has 1 aromatic rings. The van der Waals surface area contributed by atoms with Gasteiger partial charge in [-0.1, -0.05) is 53.4 Å². The molecule has 0 bridgehead atoms. The number of rotatable bonds is 14. The van der Waals surface area contributed by atoms with Crippen molar-refractivity contribution in [1.82, 2.24) is 26.3 Å². The van der Waals surface area contributed by atoms with Crippen molar-refractivity contribution in [3.63, 3.8) is 0 Å². The van der Waals surface area contributed by atoms with E-state index in [1.807, 2.05) is 39.8 Å². The number of Topliss-reactive ketones (excluding diaryl/α,β-unsaturated/α-hetero) is 1. The molecule has 2 saturated carbocycles. The number of ketones is 1. The van der Waals surface area contributed by atoms with E-state index >= 15 is 0 Å². The minimum Gasteiger partial charge on any atom is -0.497 e. The van der Waals surface area contributed by atoms with E-state index in [-0.39, 0.29) is 37.3 Å². The van der Waals surface area contributed by atoms with Crippen molar-refractivity contribution < 1.29 is 38.3 Å². The summed E-state index contributed by atoms with van der Waals surface area (Å²) in [6, 6.07) is 2.30. The van der Waals surface area contributed by atoms with Crippen LogP contribution in [0.2, 0.25) is 0 Å². The molecule has 1 aromatic carbocycles. The van der Waals surface area contributed by atoms with Crippen LogP contribution in [0.15, 0.2) is 24.3 Å². The molecule has 0 radical (unpaired) electrons. The van der Waals surface area contributed by atoms with Gasteiger partial charge in [0.1, 0.15) is 29.2 Å². The Hall–Kier alpha value is -4.13. The molecule has 51 heavy (non-hydrogen) atoms. The molecule has 2 aliphatic heterocycles. The largest absolute Gasteiger partial charge is 0.497 e. The van der Waals surface area contributed by atoms with Gasteiger partial charge in [-0.05, 0) is 61.6 Å². The smallest absolute Gasteiger partial charge is 0.289 e. The normalized spacial score (nSPS) is 23.1. The number of hydroxylamine groups is 1. The lowest BCUT2D eigenvalue weighted by molar-refractivity contribution is -0.145. The predicted octanol–water partition coefficient (Wildman–Crippen LogP) is 3.55. The first-order valence-electron chi connectivity index (χ1n) is 18.4. The molecule has 2 heterocycles. The van der Waals surface area contributed by atoms with Crippen LogP contribution in [0, 0.1) is 11.3 Å². The van der Waals surface area contributed by atoms with E-state index in [1.54, 1.807) is 26.4 Å². The number of amides is 4. The summed E-state index contributed by atoms with van der Waals surface area (Å²) in [6.07, 6.45) is 10.1. The monoisotopic (exact) mass is 709 g/mol. The third kappa shape index (κ3) is 9.22. The molecule has 2 aliphatic carbocycles. The van der Waals surface area contributed by atoms with Gasteiger partial charge in [0, 0.05) is 30.5 Å². The number of carbonyl (C=O) groups excluding carboxylic acids is 5. The maximum absolute atomic E-state index is 14.6. The van der Waals surface area contributed by atoms with Gasteiger partial charge in [-0.3, -0.25) is 34.3 Å². The molecule has 0 unspecified atom stereocenters. The summed E-state index contributed by atoms with van der Waals surface area (Å²) in [7, 11) is 3.12. The molecule has 4 aliphatic rings. The van der Waals surface area contributed by atoms with Gasteiger partial charge in [0.25, 0.3) is 5.91 Å². The van der Waals surface area contributed by atoms with Gasteiger partial charge in [-0.15, -0.1) is 0 Å². The SMILES string of the molecule is CCC[C@H](NC(=O)[C@@H]1C[C@]2(C=C(c3ccc(OC)cc3OC)NO2)CN1C(=O)[C@@H](NC(=O)CC1CCCCC1)C(C)(C)C)C(=O)C(=O)NC1CC1. The van der Waals surface area contributed by atoms with Crippen LogP contribution in [0.4, 0.5) is 0 Å². The van der Waals surface area contributed by atoms with Gasteiger partial charge in [0.05, 0.1) is 32.5 Å². The van der Waals surface area contributed by atoms with Gasteiger partial charge in [0.2, 0.25) is 23.5 Å². The van der Waals surface area contributed by atoms with E-state index in [4.69, 9.17) is 14.3 Å². The zero-order valence-corrected chi connectivity index (χ0v) is 30.9. The van der Waals surface area contributed by atoms with Crippen LogP contribution in [-0.2, 0) is 28.8 Å². The molecule has 4 atom stereocenters. The quantitative estimate of drug-likeness (QED) is 0.212. The van der Waals surface area contributed by atoms with Crippen LogP contribution in [-0.4, -0.2) is 84.8 Å². The highest BCUT2D eigenvalue weighted by Crippen LogP contribution is 2.41. The molecule has 4 amide bonds. The fourth-order valence-electron chi connectivity index (χ4n) is 7.33. The Morgan fingerprint density at radius 3 is 2.37 bits per heavy atom. The van der Waals surface area contributed by atoms with Gasteiger partial charge >= 0.3 is 0 Å². The highest BCUT2D eigenvalue weighted by molar-refractivity contribution is 6.38. The molecule has 1 saturated heterocycles. The zero-order chi connectivity index (χ0) is 36.9. The van der Waals surface area contributed by atoms with Crippen molar-refractivity contribution in [2.24, 2.45) is 11.3 Å². The van der Waals surface area contributed by atoms with Crippen LogP contribution < -0.4 is 30.9 Å². The van der Waals surface area contributed by atoms with E-state index in [9.17, 15) is 24.0 Å². The predicted molar refractivity (Wildman–Crippen MR) is 190 cm³/mol. The Morgan fingerprint density at radius 2 is 1.75 bits per heavy atom. The summed E-state index contributed by atoms with van der Waals surface area (Å²) >= 11 is 0. The van der Waals surface area contributed by atoms with Gasteiger partial charge in [0.15, 0.2) is 0 Å². The molecular formula is C38H55N5O8. The first-order chi connectivity index (χ1) is 24.3. The van der Waals surface area contributed by atoms with Crippen molar-refractivity contribution in [2.45, 2.75) is 128 Å². The van der Waals surface area contributed by atoms with Crippen molar-refractivity contribution in [2.75, 3.05) is 20.8 Å². The van der Waals surface area contributed by atoms with Gasteiger partial charge in [-0.2, -0.15) is 0 Å². The lowest BCUT2D eigenvalue weighted by atomic mass is 9.84. The number of carbonyl (C=O) groups is 5. The summed E-state index contributed by atoms with van der Waals surface area (Å²) in [5.41, 5.74) is 2.45. The number of hydrogen-bond donors (Lipinski definition) is 4. The summed E-state index contributed by atoms with van der Waals surface area (Å²) in [5, 5.41) is 8.56. The number of nitrogens with zero attached hydrogens (tertiary/aromatic N) is 1. The lowest BCUT2D eigenvalue weighted by Crippen LogP contribution is -2.59. The maximum Gasteiger partial charge on any atom is 0.289 e. The van der Waals surface area contributed by atoms with E-state index in [0.29, 0.717) is 35.6 Å². The summed E-state index contributed by atoms with van der Waals surface area (Å²) in [6.45, 7) is 7.51. The molecule has 0 aromatic heterocycles. The first kappa shape index (κ1) is 38.1. The summed E-state index contributed by atoms with van der Waals surface area (Å²) < 4.78 is 11.0. The van der Waals surface area contributed by atoms with Gasteiger partial charge < -0.3 is 30.3 Å². The van der Waals surface area contributed by atoms with Crippen LogP contribution in [0.1, 0.15) is 104 Å². The summed E-state index contributed by atoms with van der Waals surface area (Å²) in [5.74, 6) is -1.18. The number of benzene rings is 1. The Labute approximate surface area is 300 Å². The summed E-state index contributed by atoms with van der Waals surface area (Å²) in [4.78, 5) is 75.9. The highest BCUT2D eigenvalue weighted by atomic mass is 16.7. The molecule has 280 valence electrons. The van der Waals surface area contributed by atoms with Crippen molar-refractivity contribution in [1.29, 1.82) is 0 Å². The van der Waals surface area contributed by atoms with E-state index in [2.05, 4.69) is 21.4 Å². The van der Waals surface area contributed by atoms with Crippen LogP contribution in [0.25, 0.3) is 5.70 Å². The minimum absolute atomic E-state index is 0.00147. The van der Waals surface area contributed by atoms with Crippen molar-refractivity contribution in [3.05, 3.63) is 29.8 Å². The maximum atomic E-state index is 14.6. The second-order valence-corrected chi connectivity index (χ2v) is 15.6. The number of methoxy groups -OCH3 is 2. The molecule has 5 rings (SSSR count). The average Bonchev–Trinajstić information content (AvgIpc) is 3.70. The highest BCUT2D eigenvalue weighted by Gasteiger charge is 2.54. The lowest BCUT2D eigenvalue weighted by Gasteiger charge is -2.36. The standard InChI is InChI=1S/C38H55N5O8/c1-7-11-27(32(45)35(47)39-24-14-15-24)40-34(46)29-21-38(20-28(42-51-38)26-17-16-25(49-5)19-30(26)50-6)22-43(29)36(48)33(37(2,3)4)41-31(44)18-23-12-9-8-10-13-23/h16-17,19-20,23-24,27,29,33,42H,7-15,18,21-22H2,1-6H3,(H,39,47)(H,40,46)(H,41,44)/t27-,29-,33+,38+/m0/s1. The number of likely N-dealkylation sites (tertiary alicyclic amines) is 1. The topological polar surface area (TPSA) is 164 Å². The average molecular weight is 710 g/mol. The molecule has 13 heteroatoms. The van der Waals surface area contributed by atoms with Crippen molar-refractivity contribution >= 4 is 35.1 Å². The second-order valence-electron chi connectivity index (χ2n) is 15.6. The number of ether oxygens (including phenoxy) is 2. The Morgan fingerprint density at radius 1 is 1.02 bits per heavy atom. The van der Waals surface area contributed by atoms with E-state index < -0.39 is 52.6 Å². The zero-order valence-electron chi connectivity index (χ0n) is 30.9.